The maximum Gasteiger partial charge on any atom is 0.410 e. The van der Waals surface area contributed by atoms with Crippen LogP contribution in [0.25, 0.3) is 0 Å². The normalized spacial score (nSPS) is 23.4. The van der Waals surface area contributed by atoms with Gasteiger partial charge in [-0.05, 0) is 46.6 Å². The highest BCUT2D eigenvalue weighted by molar-refractivity contribution is 5.73. The summed E-state index contributed by atoms with van der Waals surface area (Å²) in [5.74, 6) is -0.863. The van der Waals surface area contributed by atoms with Gasteiger partial charge in [-0.3, -0.25) is 4.79 Å². The molecule has 2 aliphatic rings. The number of carboxylic acids is 1. The largest absolute Gasteiger partial charge is 0.481 e. The number of ether oxygens (including phenoxy) is 2. The quantitative estimate of drug-likeness (QED) is 0.770. The van der Waals surface area contributed by atoms with Crippen LogP contribution in [0.4, 0.5) is 4.79 Å². The van der Waals surface area contributed by atoms with Gasteiger partial charge >= 0.3 is 12.1 Å². The minimum atomic E-state index is -0.863. The van der Waals surface area contributed by atoms with E-state index in [-0.39, 0.29) is 18.6 Å². The molecule has 0 saturated carbocycles. The molecule has 2 N–H and O–H groups in total. The second-order valence-electron chi connectivity index (χ2n) is 7.54. The van der Waals surface area contributed by atoms with E-state index in [0.29, 0.717) is 19.6 Å². The molecular weight excluding hydrogens is 300 g/mol. The van der Waals surface area contributed by atoms with Crippen molar-refractivity contribution in [3.05, 3.63) is 0 Å². The summed E-state index contributed by atoms with van der Waals surface area (Å²) in [6.45, 7) is 7.68. The minimum Gasteiger partial charge on any atom is -0.481 e. The average Bonchev–Trinajstić information content (AvgIpc) is 2.85. The van der Waals surface area contributed by atoms with Gasteiger partial charge in [0.25, 0.3) is 0 Å². The first-order chi connectivity index (χ1) is 10.7. The Bertz CT molecular complexity index is 434. The average molecular weight is 328 g/mol. The lowest BCUT2D eigenvalue weighted by atomic mass is 9.86. The SMILES string of the molecule is CC(C)(C)OC(=O)N1CC(CC(=O)O)(NCCC2CCCO2)C1. The molecule has 0 aromatic rings. The van der Waals surface area contributed by atoms with Crippen LogP contribution in [0.5, 0.6) is 0 Å². The molecule has 1 atom stereocenters. The fraction of sp³-hybridized carbons (Fsp3) is 0.875. The number of rotatable bonds is 6. The maximum absolute atomic E-state index is 12.0. The zero-order valence-electron chi connectivity index (χ0n) is 14.3. The van der Waals surface area contributed by atoms with Crippen molar-refractivity contribution >= 4 is 12.1 Å². The summed E-state index contributed by atoms with van der Waals surface area (Å²) in [5.41, 5.74) is -1.10. The van der Waals surface area contributed by atoms with Gasteiger partial charge in [-0.1, -0.05) is 0 Å². The maximum atomic E-state index is 12.0. The summed E-state index contributed by atoms with van der Waals surface area (Å²) in [4.78, 5) is 24.7. The van der Waals surface area contributed by atoms with Gasteiger partial charge in [0.1, 0.15) is 5.60 Å². The Hall–Kier alpha value is -1.34. The summed E-state index contributed by atoms with van der Waals surface area (Å²) >= 11 is 0. The van der Waals surface area contributed by atoms with Crippen molar-refractivity contribution in [1.29, 1.82) is 0 Å². The van der Waals surface area contributed by atoms with E-state index >= 15 is 0 Å². The molecule has 0 spiro atoms. The Balaban J connectivity index is 1.81. The summed E-state index contributed by atoms with van der Waals surface area (Å²) in [6, 6.07) is 0. The van der Waals surface area contributed by atoms with Crippen molar-refractivity contribution in [2.24, 2.45) is 0 Å². The van der Waals surface area contributed by atoms with E-state index in [9.17, 15) is 9.59 Å². The molecule has 2 heterocycles. The van der Waals surface area contributed by atoms with Crippen LogP contribution in [0.3, 0.4) is 0 Å². The Labute approximate surface area is 137 Å². The van der Waals surface area contributed by atoms with Crippen molar-refractivity contribution in [3.63, 3.8) is 0 Å². The van der Waals surface area contributed by atoms with Crippen LogP contribution in [0.1, 0.15) is 46.5 Å². The van der Waals surface area contributed by atoms with Gasteiger partial charge in [0.2, 0.25) is 0 Å². The highest BCUT2D eigenvalue weighted by atomic mass is 16.6. The van der Waals surface area contributed by atoms with Gasteiger partial charge in [0, 0.05) is 19.7 Å². The van der Waals surface area contributed by atoms with Crippen LogP contribution in [0.2, 0.25) is 0 Å². The highest BCUT2D eigenvalue weighted by Gasteiger charge is 2.47. The molecule has 0 aliphatic carbocycles. The number of nitrogens with one attached hydrogen (secondary N) is 1. The van der Waals surface area contributed by atoms with Gasteiger partial charge in [-0.2, -0.15) is 0 Å². The van der Waals surface area contributed by atoms with E-state index in [1.807, 2.05) is 20.8 Å². The molecule has 1 unspecified atom stereocenters. The molecular formula is C16H28N2O5. The number of aliphatic carboxylic acids is 1. The Kier molecular flexibility index (Phi) is 5.52. The second kappa shape index (κ2) is 7.05. The zero-order valence-corrected chi connectivity index (χ0v) is 14.3. The van der Waals surface area contributed by atoms with Crippen LogP contribution in [0, 0.1) is 0 Å². The fourth-order valence-electron chi connectivity index (χ4n) is 3.09. The Morgan fingerprint density at radius 1 is 1.39 bits per heavy atom. The Morgan fingerprint density at radius 2 is 2.09 bits per heavy atom. The minimum absolute atomic E-state index is 0.00216. The van der Waals surface area contributed by atoms with Crippen molar-refractivity contribution in [1.82, 2.24) is 10.2 Å². The van der Waals surface area contributed by atoms with Gasteiger partial charge in [0.15, 0.2) is 0 Å². The van der Waals surface area contributed by atoms with E-state index in [2.05, 4.69) is 5.32 Å². The predicted molar refractivity (Wildman–Crippen MR) is 84.4 cm³/mol. The summed E-state index contributed by atoms with van der Waals surface area (Å²) in [5, 5.41) is 12.5. The van der Waals surface area contributed by atoms with Gasteiger partial charge in [0.05, 0.1) is 18.1 Å². The molecule has 0 aromatic carbocycles. The monoisotopic (exact) mass is 328 g/mol. The van der Waals surface area contributed by atoms with E-state index in [4.69, 9.17) is 14.6 Å². The summed E-state index contributed by atoms with van der Waals surface area (Å²) < 4.78 is 10.9. The lowest BCUT2D eigenvalue weighted by Gasteiger charge is -2.49. The van der Waals surface area contributed by atoms with E-state index in [0.717, 1.165) is 25.9 Å². The van der Waals surface area contributed by atoms with Crippen LogP contribution in [-0.2, 0) is 14.3 Å². The number of carbonyl (C=O) groups excluding carboxylic acids is 1. The van der Waals surface area contributed by atoms with Crippen molar-refractivity contribution < 1.29 is 24.2 Å². The second-order valence-corrected chi connectivity index (χ2v) is 7.54. The molecule has 0 aromatic heterocycles. The van der Waals surface area contributed by atoms with Crippen LogP contribution >= 0.6 is 0 Å². The van der Waals surface area contributed by atoms with Gasteiger partial charge in [-0.15, -0.1) is 0 Å². The summed E-state index contributed by atoms with van der Waals surface area (Å²) in [7, 11) is 0. The first-order valence-electron chi connectivity index (χ1n) is 8.25. The van der Waals surface area contributed by atoms with Crippen LogP contribution in [-0.4, -0.2) is 65.6 Å². The smallest absolute Gasteiger partial charge is 0.410 e. The molecule has 7 heteroatoms. The van der Waals surface area contributed by atoms with E-state index in [1.54, 1.807) is 4.90 Å². The predicted octanol–water partition coefficient (Wildman–Crippen LogP) is 1.61. The number of nitrogens with zero attached hydrogens (tertiary/aromatic N) is 1. The molecule has 2 aliphatic heterocycles. The van der Waals surface area contributed by atoms with Crippen LogP contribution < -0.4 is 5.32 Å². The molecule has 7 nitrogen and oxygen atoms in total. The number of likely N-dealkylation sites (tertiary alicyclic amines) is 1. The fourth-order valence-corrected chi connectivity index (χ4v) is 3.09. The first kappa shape index (κ1) is 18.0. The topological polar surface area (TPSA) is 88.1 Å². The lowest BCUT2D eigenvalue weighted by molar-refractivity contribution is -0.141. The first-order valence-corrected chi connectivity index (χ1v) is 8.25. The van der Waals surface area contributed by atoms with E-state index < -0.39 is 17.1 Å². The number of carbonyl (C=O) groups is 2. The molecule has 0 radical (unpaired) electrons. The molecule has 23 heavy (non-hydrogen) atoms. The number of amides is 1. The van der Waals surface area contributed by atoms with Crippen LogP contribution in [0.15, 0.2) is 0 Å². The molecule has 1 amide bonds. The van der Waals surface area contributed by atoms with Gasteiger partial charge in [-0.25, -0.2) is 4.79 Å². The van der Waals surface area contributed by atoms with Crippen molar-refractivity contribution in [2.45, 2.75) is 63.7 Å². The van der Waals surface area contributed by atoms with Crippen molar-refractivity contribution in [2.75, 3.05) is 26.2 Å². The Morgan fingerprint density at radius 3 is 2.61 bits per heavy atom. The molecule has 2 fully saturated rings. The molecule has 2 rings (SSSR count). The molecule has 132 valence electrons. The number of hydrogen-bond acceptors (Lipinski definition) is 5. The summed E-state index contributed by atoms with van der Waals surface area (Å²) in [6.07, 6.45) is 2.91. The lowest BCUT2D eigenvalue weighted by Crippen LogP contribution is -2.71. The van der Waals surface area contributed by atoms with E-state index in [1.165, 1.54) is 0 Å². The zero-order chi connectivity index (χ0) is 17.1. The van der Waals surface area contributed by atoms with Crippen molar-refractivity contribution in [3.8, 4) is 0 Å². The number of hydrogen-bond donors (Lipinski definition) is 2. The highest BCUT2D eigenvalue weighted by Crippen LogP contribution is 2.27. The number of carboxylic acid groups (broad SMARTS) is 1. The third-order valence-corrected chi connectivity index (χ3v) is 4.12. The molecule has 2 saturated heterocycles. The molecule has 0 bridgehead atoms. The standard InChI is InChI=1S/C16H28N2O5/c1-15(2,3)23-14(21)18-10-16(11-18,9-13(19)20)17-7-6-12-5-4-8-22-12/h12,17H,4-11H2,1-3H3,(H,19,20). The van der Waals surface area contributed by atoms with Gasteiger partial charge < -0.3 is 24.8 Å². The third-order valence-electron chi connectivity index (χ3n) is 4.12. The third kappa shape index (κ3) is 5.35.